The first-order valence-electron chi connectivity index (χ1n) is 4.84. The number of carbonyl (C=O) groups excluding carboxylic acids is 1. The predicted molar refractivity (Wildman–Crippen MR) is 65.8 cm³/mol. The van der Waals surface area contributed by atoms with Gasteiger partial charge in [-0.15, -0.1) is 6.58 Å². The Morgan fingerprint density at radius 3 is 2.56 bits per heavy atom. The van der Waals surface area contributed by atoms with E-state index in [1.807, 2.05) is 6.26 Å². The third-order valence-corrected chi connectivity index (χ3v) is 2.49. The SMILES string of the molecule is C=CCN(CC(=O)O)C(=O)N(C)CCSC. The summed E-state index contributed by atoms with van der Waals surface area (Å²) in [6, 6.07) is -0.281. The Labute approximate surface area is 100 Å². The van der Waals surface area contributed by atoms with Crippen molar-refractivity contribution in [3.05, 3.63) is 12.7 Å². The third kappa shape index (κ3) is 5.65. The summed E-state index contributed by atoms with van der Waals surface area (Å²) in [4.78, 5) is 25.1. The minimum Gasteiger partial charge on any atom is -0.480 e. The van der Waals surface area contributed by atoms with Gasteiger partial charge in [-0.3, -0.25) is 4.79 Å². The fraction of sp³-hybridized carbons (Fsp3) is 0.600. The van der Waals surface area contributed by atoms with Gasteiger partial charge >= 0.3 is 12.0 Å². The van der Waals surface area contributed by atoms with Crippen LogP contribution in [0.4, 0.5) is 4.79 Å². The second-order valence-electron chi connectivity index (χ2n) is 3.26. The fourth-order valence-electron chi connectivity index (χ4n) is 1.09. The van der Waals surface area contributed by atoms with E-state index in [1.165, 1.54) is 15.9 Å². The monoisotopic (exact) mass is 246 g/mol. The van der Waals surface area contributed by atoms with Gasteiger partial charge in [0.25, 0.3) is 0 Å². The zero-order valence-electron chi connectivity index (χ0n) is 9.68. The lowest BCUT2D eigenvalue weighted by Crippen LogP contribution is -2.44. The van der Waals surface area contributed by atoms with Gasteiger partial charge in [0.2, 0.25) is 0 Å². The average molecular weight is 246 g/mol. The summed E-state index contributed by atoms with van der Waals surface area (Å²) in [6.07, 6.45) is 3.47. The largest absolute Gasteiger partial charge is 0.480 e. The van der Waals surface area contributed by atoms with Crippen LogP contribution in [0, 0.1) is 0 Å². The van der Waals surface area contributed by atoms with E-state index in [9.17, 15) is 9.59 Å². The number of carboxylic acids is 1. The molecule has 1 N–H and O–H groups in total. The number of carbonyl (C=O) groups is 2. The van der Waals surface area contributed by atoms with Gasteiger partial charge in [0.1, 0.15) is 6.54 Å². The molecule has 0 aliphatic rings. The van der Waals surface area contributed by atoms with E-state index in [1.54, 1.807) is 18.8 Å². The molecule has 0 fully saturated rings. The number of amides is 2. The zero-order chi connectivity index (χ0) is 12.6. The van der Waals surface area contributed by atoms with Crippen LogP contribution in [-0.4, -0.2) is 65.6 Å². The van der Waals surface area contributed by atoms with Crippen LogP contribution < -0.4 is 0 Å². The first kappa shape index (κ1) is 14.8. The van der Waals surface area contributed by atoms with Crippen LogP contribution in [0.2, 0.25) is 0 Å². The lowest BCUT2D eigenvalue weighted by molar-refractivity contribution is -0.137. The van der Waals surface area contributed by atoms with E-state index in [4.69, 9.17) is 5.11 Å². The Morgan fingerprint density at radius 1 is 1.50 bits per heavy atom. The fourth-order valence-corrected chi connectivity index (χ4v) is 1.55. The number of hydrogen-bond donors (Lipinski definition) is 1. The molecule has 0 aliphatic carbocycles. The molecule has 2 amide bonds. The molecule has 5 nitrogen and oxygen atoms in total. The second kappa shape index (κ2) is 8.04. The Morgan fingerprint density at radius 2 is 2.12 bits per heavy atom. The molecule has 0 aromatic rings. The lowest BCUT2D eigenvalue weighted by atomic mass is 10.4. The molecule has 0 saturated carbocycles. The number of hydrogen-bond acceptors (Lipinski definition) is 3. The molecular formula is C10H18N2O3S. The summed E-state index contributed by atoms with van der Waals surface area (Å²) in [6.45, 7) is 4.05. The maximum absolute atomic E-state index is 11.8. The Hall–Kier alpha value is -1.17. The van der Waals surface area contributed by atoms with Crippen molar-refractivity contribution in [3.63, 3.8) is 0 Å². The first-order chi connectivity index (χ1) is 7.52. The van der Waals surface area contributed by atoms with Gasteiger partial charge < -0.3 is 14.9 Å². The quantitative estimate of drug-likeness (QED) is 0.680. The number of rotatable bonds is 7. The molecule has 0 aliphatic heterocycles. The molecule has 0 atom stereocenters. The van der Waals surface area contributed by atoms with Crippen molar-refractivity contribution in [2.45, 2.75) is 0 Å². The lowest BCUT2D eigenvalue weighted by Gasteiger charge is -2.25. The van der Waals surface area contributed by atoms with E-state index >= 15 is 0 Å². The molecule has 0 heterocycles. The van der Waals surface area contributed by atoms with Crippen molar-refractivity contribution in [2.75, 3.05) is 38.7 Å². The molecule has 0 spiro atoms. The van der Waals surface area contributed by atoms with Crippen molar-refractivity contribution in [2.24, 2.45) is 0 Å². The zero-order valence-corrected chi connectivity index (χ0v) is 10.5. The standard InChI is InChI=1S/C10H18N2O3S/c1-4-5-12(8-9(13)14)10(15)11(2)6-7-16-3/h4H,1,5-8H2,2-3H3,(H,13,14). The number of urea groups is 1. The van der Waals surface area contributed by atoms with Gasteiger partial charge in [-0.2, -0.15) is 11.8 Å². The van der Waals surface area contributed by atoms with Crippen molar-refractivity contribution < 1.29 is 14.7 Å². The van der Waals surface area contributed by atoms with Crippen LogP contribution in [0.3, 0.4) is 0 Å². The van der Waals surface area contributed by atoms with Crippen LogP contribution in [0.5, 0.6) is 0 Å². The van der Waals surface area contributed by atoms with E-state index < -0.39 is 5.97 Å². The number of thioether (sulfide) groups is 1. The van der Waals surface area contributed by atoms with Gasteiger partial charge in [0.15, 0.2) is 0 Å². The Bertz CT molecular complexity index is 258. The second-order valence-corrected chi connectivity index (χ2v) is 4.25. The topological polar surface area (TPSA) is 60.9 Å². The van der Waals surface area contributed by atoms with Gasteiger partial charge in [-0.05, 0) is 6.26 Å². The maximum Gasteiger partial charge on any atom is 0.323 e. The van der Waals surface area contributed by atoms with Crippen molar-refractivity contribution in [1.82, 2.24) is 9.80 Å². The molecule has 16 heavy (non-hydrogen) atoms. The van der Waals surface area contributed by atoms with Gasteiger partial charge in [0, 0.05) is 25.9 Å². The number of aliphatic carboxylic acids is 1. The summed E-state index contributed by atoms with van der Waals surface area (Å²) in [5.74, 6) is -0.189. The normalized spacial score (nSPS) is 9.62. The van der Waals surface area contributed by atoms with E-state index in [-0.39, 0.29) is 19.1 Å². The summed E-state index contributed by atoms with van der Waals surface area (Å²) in [5, 5.41) is 8.67. The summed E-state index contributed by atoms with van der Waals surface area (Å²) in [5.41, 5.74) is 0. The van der Waals surface area contributed by atoms with Crippen molar-refractivity contribution >= 4 is 23.8 Å². The molecule has 0 rings (SSSR count). The third-order valence-electron chi connectivity index (χ3n) is 1.90. The van der Waals surface area contributed by atoms with Crippen LogP contribution >= 0.6 is 11.8 Å². The molecular weight excluding hydrogens is 228 g/mol. The number of nitrogens with zero attached hydrogens (tertiary/aromatic N) is 2. The highest BCUT2D eigenvalue weighted by atomic mass is 32.2. The van der Waals surface area contributed by atoms with E-state index in [0.29, 0.717) is 6.54 Å². The minimum absolute atomic E-state index is 0.245. The Kier molecular flexibility index (Phi) is 7.45. The minimum atomic E-state index is -1.02. The van der Waals surface area contributed by atoms with Gasteiger partial charge in [0.05, 0.1) is 0 Å². The maximum atomic E-state index is 11.8. The molecule has 0 aromatic carbocycles. The van der Waals surface area contributed by atoms with Crippen LogP contribution in [0.1, 0.15) is 0 Å². The van der Waals surface area contributed by atoms with E-state index in [2.05, 4.69) is 6.58 Å². The van der Waals surface area contributed by atoms with Crippen LogP contribution in [-0.2, 0) is 4.79 Å². The van der Waals surface area contributed by atoms with Gasteiger partial charge in [-0.1, -0.05) is 6.08 Å². The van der Waals surface area contributed by atoms with Crippen LogP contribution in [0.15, 0.2) is 12.7 Å². The highest BCUT2D eigenvalue weighted by Gasteiger charge is 2.18. The molecule has 0 radical (unpaired) electrons. The first-order valence-corrected chi connectivity index (χ1v) is 6.24. The number of carboxylic acid groups (broad SMARTS) is 1. The average Bonchev–Trinajstić information content (AvgIpc) is 2.23. The molecule has 0 bridgehead atoms. The van der Waals surface area contributed by atoms with Crippen LogP contribution in [0.25, 0.3) is 0 Å². The highest BCUT2D eigenvalue weighted by molar-refractivity contribution is 7.98. The predicted octanol–water partition coefficient (Wildman–Crippen LogP) is 0.974. The van der Waals surface area contributed by atoms with Crippen molar-refractivity contribution in [1.29, 1.82) is 0 Å². The molecule has 0 saturated heterocycles. The molecule has 0 aromatic heterocycles. The molecule has 0 unspecified atom stereocenters. The highest BCUT2D eigenvalue weighted by Crippen LogP contribution is 2.00. The molecule has 92 valence electrons. The summed E-state index contributed by atoms with van der Waals surface area (Å²) in [7, 11) is 1.66. The Balaban J connectivity index is 4.34. The van der Waals surface area contributed by atoms with Gasteiger partial charge in [-0.25, -0.2) is 4.79 Å². The summed E-state index contributed by atoms with van der Waals surface area (Å²) < 4.78 is 0. The smallest absolute Gasteiger partial charge is 0.323 e. The van der Waals surface area contributed by atoms with E-state index in [0.717, 1.165) is 5.75 Å². The van der Waals surface area contributed by atoms with Crippen molar-refractivity contribution in [3.8, 4) is 0 Å². The summed E-state index contributed by atoms with van der Waals surface area (Å²) >= 11 is 1.64. The molecule has 6 heteroatoms.